The minimum absolute atomic E-state index is 0.00540. The predicted molar refractivity (Wildman–Crippen MR) is 139 cm³/mol. The summed E-state index contributed by atoms with van der Waals surface area (Å²) in [6.07, 6.45) is 2.97. The Bertz CT molecular complexity index is 1150. The highest BCUT2D eigenvalue weighted by molar-refractivity contribution is 7.89. The number of nitrogens with zero attached hydrogens (tertiary/aromatic N) is 1. The SMILES string of the molecule is Cc1ccc(S(=O)(=O)N(CC(C)C)[C@@H](CCCCNC(=O)N[C@H]2CCc3ccccc32)C(=O)O)cc1. The van der Waals surface area contributed by atoms with Gasteiger partial charge in [0.1, 0.15) is 6.04 Å². The standard InChI is InChI=1S/C27H37N3O5S/c1-19(2)18-30(36(34,35)22-14-11-20(3)12-15-22)25(26(31)32)10-6-7-17-28-27(33)29-24-16-13-21-8-4-5-9-23(21)24/h4-5,8-9,11-12,14-15,19,24-25H,6-7,10,13,16-18H2,1-3H3,(H,31,32)(H2,28,29,33)/t24-,25-/m0/s1. The van der Waals surface area contributed by atoms with Crippen molar-refractivity contribution in [2.75, 3.05) is 13.1 Å². The summed E-state index contributed by atoms with van der Waals surface area (Å²) in [4.78, 5) is 24.6. The molecule has 0 saturated heterocycles. The van der Waals surface area contributed by atoms with Gasteiger partial charge in [0.05, 0.1) is 10.9 Å². The molecule has 0 radical (unpaired) electrons. The van der Waals surface area contributed by atoms with Gasteiger partial charge >= 0.3 is 12.0 Å². The molecule has 2 amide bonds. The van der Waals surface area contributed by atoms with Crippen LogP contribution < -0.4 is 10.6 Å². The highest BCUT2D eigenvalue weighted by Crippen LogP contribution is 2.30. The molecule has 9 heteroatoms. The van der Waals surface area contributed by atoms with Gasteiger partial charge in [0.25, 0.3) is 0 Å². The van der Waals surface area contributed by atoms with Crippen molar-refractivity contribution in [3.63, 3.8) is 0 Å². The second kappa shape index (κ2) is 12.4. The zero-order valence-electron chi connectivity index (χ0n) is 21.2. The van der Waals surface area contributed by atoms with Gasteiger partial charge in [0.2, 0.25) is 10.0 Å². The van der Waals surface area contributed by atoms with E-state index < -0.39 is 22.0 Å². The van der Waals surface area contributed by atoms with Gasteiger partial charge in [-0.05, 0) is 68.2 Å². The number of sulfonamides is 1. The van der Waals surface area contributed by atoms with Crippen LogP contribution in [0, 0.1) is 12.8 Å². The molecule has 0 unspecified atom stereocenters. The molecule has 2 aromatic carbocycles. The number of carbonyl (C=O) groups is 2. The third kappa shape index (κ3) is 7.07. The number of hydrogen-bond acceptors (Lipinski definition) is 4. The minimum atomic E-state index is -3.98. The van der Waals surface area contributed by atoms with Crippen LogP contribution in [0.25, 0.3) is 0 Å². The molecular formula is C27H37N3O5S. The molecule has 36 heavy (non-hydrogen) atoms. The van der Waals surface area contributed by atoms with Gasteiger partial charge in [0, 0.05) is 13.1 Å². The lowest BCUT2D eigenvalue weighted by atomic mass is 10.1. The van der Waals surface area contributed by atoms with E-state index in [2.05, 4.69) is 16.7 Å². The number of carboxylic acids is 1. The number of amides is 2. The van der Waals surface area contributed by atoms with Gasteiger partial charge < -0.3 is 15.7 Å². The summed E-state index contributed by atoms with van der Waals surface area (Å²) < 4.78 is 27.8. The van der Waals surface area contributed by atoms with E-state index in [0.29, 0.717) is 19.4 Å². The fourth-order valence-corrected chi connectivity index (χ4v) is 6.35. The van der Waals surface area contributed by atoms with E-state index in [1.165, 1.54) is 17.7 Å². The van der Waals surface area contributed by atoms with Crippen molar-refractivity contribution < 1.29 is 23.1 Å². The summed E-state index contributed by atoms with van der Waals surface area (Å²) in [5.74, 6) is -1.21. The van der Waals surface area contributed by atoms with Crippen LogP contribution in [-0.4, -0.2) is 49.0 Å². The molecular weight excluding hydrogens is 478 g/mol. The van der Waals surface area contributed by atoms with E-state index in [0.717, 1.165) is 28.3 Å². The molecule has 0 bridgehead atoms. The van der Waals surface area contributed by atoms with Crippen LogP contribution in [0.2, 0.25) is 0 Å². The zero-order valence-corrected chi connectivity index (χ0v) is 22.1. The Morgan fingerprint density at radius 3 is 2.44 bits per heavy atom. The summed E-state index contributed by atoms with van der Waals surface area (Å²) in [7, 11) is -3.98. The van der Waals surface area contributed by atoms with Crippen LogP contribution in [-0.2, 0) is 21.2 Å². The Morgan fingerprint density at radius 2 is 1.78 bits per heavy atom. The molecule has 196 valence electrons. The summed E-state index contributed by atoms with van der Waals surface area (Å²) in [6, 6.07) is 13.1. The Kier molecular flexibility index (Phi) is 9.50. The maximum Gasteiger partial charge on any atom is 0.322 e. The third-order valence-electron chi connectivity index (χ3n) is 6.43. The number of carbonyl (C=O) groups excluding carboxylic acids is 1. The lowest BCUT2D eigenvalue weighted by Crippen LogP contribution is -2.46. The van der Waals surface area contributed by atoms with Gasteiger partial charge in [-0.15, -0.1) is 0 Å². The fourth-order valence-electron chi connectivity index (χ4n) is 4.57. The van der Waals surface area contributed by atoms with Gasteiger partial charge in [-0.3, -0.25) is 4.79 Å². The average molecular weight is 516 g/mol. The van der Waals surface area contributed by atoms with Crippen LogP contribution in [0.5, 0.6) is 0 Å². The van der Waals surface area contributed by atoms with Crippen molar-refractivity contribution in [3.05, 3.63) is 65.2 Å². The van der Waals surface area contributed by atoms with E-state index in [1.54, 1.807) is 12.1 Å². The van der Waals surface area contributed by atoms with E-state index in [4.69, 9.17) is 0 Å². The highest BCUT2D eigenvalue weighted by atomic mass is 32.2. The van der Waals surface area contributed by atoms with Gasteiger partial charge in [-0.25, -0.2) is 13.2 Å². The van der Waals surface area contributed by atoms with Crippen molar-refractivity contribution in [2.45, 2.75) is 69.9 Å². The molecule has 0 saturated carbocycles. The quantitative estimate of drug-likeness (QED) is 0.366. The highest BCUT2D eigenvalue weighted by Gasteiger charge is 2.36. The molecule has 1 aliphatic carbocycles. The number of hydrogen-bond donors (Lipinski definition) is 3. The maximum atomic E-state index is 13.4. The Labute approximate surface area is 214 Å². The van der Waals surface area contributed by atoms with E-state index >= 15 is 0 Å². The zero-order chi connectivity index (χ0) is 26.3. The van der Waals surface area contributed by atoms with E-state index in [-0.39, 0.29) is 35.9 Å². The topological polar surface area (TPSA) is 116 Å². The lowest BCUT2D eigenvalue weighted by Gasteiger charge is -2.29. The van der Waals surface area contributed by atoms with Crippen molar-refractivity contribution >= 4 is 22.0 Å². The van der Waals surface area contributed by atoms with Crippen molar-refractivity contribution in [3.8, 4) is 0 Å². The van der Waals surface area contributed by atoms with Crippen molar-refractivity contribution in [2.24, 2.45) is 5.92 Å². The second-order valence-corrected chi connectivity index (χ2v) is 11.7. The normalized spacial score (nSPS) is 16.1. The average Bonchev–Trinajstić information content (AvgIpc) is 3.23. The smallest absolute Gasteiger partial charge is 0.322 e. The first-order valence-corrected chi connectivity index (χ1v) is 14.0. The number of aryl methyl sites for hydroxylation is 2. The summed E-state index contributed by atoms with van der Waals surface area (Å²) in [6.45, 7) is 6.07. The number of benzene rings is 2. The monoisotopic (exact) mass is 515 g/mol. The van der Waals surface area contributed by atoms with Gasteiger partial charge in [0.15, 0.2) is 0 Å². The van der Waals surface area contributed by atoms with Crippen LogP contribution in [0.3, 0.4) is 0 Å². The number of nitrogens with one attached hydrogen (secondary N) is 2. The molecule has 8 nitrogen and oxygen atoms in total. The Hall–Kier alpha value is -2.91. The lowest BCUT2D eigenvalue weighted by molar-refractivity contribution is -0.141. The molecule has 0 aliphatic heterocycles. The fraction of sp³-hybridized carbons (Fsp3) is 0.481. The molecule has 3 N–H and O–H groups in total. The second-order valence-electron chi connectivity index (χ2n) is 9.82. The summed E-state index contributed by atoms with van der Waals surface area (Å²) in [5.41, 5.74) is 3.33. The van der Waals surface area contributed by atoms with Crippen LogP contribution in [0.15, 0.2) is 53.4 Å². The molecule has 0 heterocycles. The molecule has 0 spiro atoms. The summed E-state index contributed by atoms with van der Waals surface area (Å²) in [5, 5.41) is 15.7. The van der Waals surface area contributed by atoms with Crippen LogP contribution in [0.4, 0.5) is 4.79 Å². The van der Waals surface area contributed by atoms with Crippen LogP contribution in [0.1, 0.15) is 62.3 Å². The number of urea groups is 1. The van der Waals surface area contributed by atoms with Crippen molar-refractivity contribution in [1.29, 1.82) is 0 Å². The third-order valence-corrected chi connectivity index (χ3v) is 8.32. The molecule has 2 atom stereocenters. The van der Waals surface area contributed by atoms with Crippen LogP contribution >= 0.6 is 0 Å². The maximum absolute atomic E-state index is 13.4. The first-order valence-electron chi connectivity index (χ1n) is 12.5. The van der Waals surface area contributed by atoms with Gasteiger partial charge in [-0.1, -0.05) is 55.8 Å². The largest absolute Gasteiger partial charge is 0.480 e. The first kappa shape index (κ1) is 27.7. The summed E-state index contributed by atoms with van der Waals surface area (Å²) >= 11 is 0. The van der Waals surface area contributed by atoms with E-state index in [1.807, 2.05) is 39.0 Å². The Balaban J connectivity index is 1.55. The predicted octanol–water partition coefficient (Wildman–Crippen LogP) is 4.25. The van der Waals surface area contributed by atoms with Crippen molar-refractivity contribution in [1.82, 2.24) is 14.9 Å². The molecule has 0 aromatic heterocycles. The number of fused-ring (bicyclic) bond motifs is 1. The number of unbranched alkanes of at least 4 members (excludes halogenated alkanes) is 1. The molecule has 0 fully saturated rings. The molecule has 1 aliphatic rings. The minimum Gasteiger partial charge on any atom is -0.480 e. The van der Waals surface area contributed by atoms with E-state index in [9.17, 15) is 23.1 Å². The Morgan fingerprint density at radius 1 is 1.08 bits per heavy atom. The first-order chi connectivity index (χ1) is 17.1. The number of rotatable bonds is 12. The molecule has 3 rings (SSSR count). The van der Waals surface area contributed by atoms with Gasteiger partial charge in [-0.2, -0.15) is 4.31 Å². The number of carboxylic acid groups (broad SMARTS) is 1. The number of aliphatic carboxylic acids is 1. The molecule has 2 aromatic rings.